The van der Waals surface area contributed by atoms with Crippen molar-refractivity contribution in [3.63, 3.8) is 0 Å². The van der Waals surface area contributed by atoms with E-state index in [4.69, 9.17) is 5.73 Å². The first-order chi connectivity index (χ1) is 7.50. The second-order valence-corrected chi connectivity index (χ2v) is 3.22. The Morgan fingerprint density at radius 1 is 1.62 bits per heavy atom. The van der Waals surface area contributed by atoms with Crippen LogP contribution >= 0.6 is 0 Å². The van der Waals surface area contributed by atoms with E-state index in [2.05, 4.69) is 10.3 Å². The van der Waals surface area contributed by atoms with Crippen molar-refractivity contribution in [1.82, 2.24) is 4.98 Å². The van der Waals surface area contributed by atoms with Crippen LogP contribution in [-0.2, 0) is 4.79 Å². The lowest BCUT2D eigenvalue weighted by atomic mass is 10.3. The van der Waals surface area contributed by atoms with E-state index in [0.717, 1.165) is 0 Å². The van der Waals surface area contributed by atoms with Crippen molar-refractivity contribution in [3.05, 3.63) is 27.9 Å². The predicted octanol–water partition coefficient (Wildman–Crippen LogP) is 0.586. The van der Waals surface area contributed by atoms with Crippen molar-refractivity contribution in [2.75, 3.05) is 11.9 Å². The molecule has 0 aliphatic rings. The highest BCUT2D eigenvalue weighted by Gasteiger charge is 2.14. The molecule has 0 saturated carbocycles. The van der Waals surface area contributed by atoms with Gasteiger partial charge in [0.2, 0.25) is 11.7 Å². The van der Waals surface area contributed by atoms with Gasteiger partial charge in [-0.05, 0) is 13.0 Å². The Morgan fingerprint density at radius 3 is 2.88 bits per heavy atom. The molecule has 7 nitrogen and oxygen atoms in total. The molecule has 7 heteroatoms. The van der Waals surface area contributed by atoms with Gasteiger partial charge in [0.25, 0.3) is 0 Å². The summed E-state index contributed by atoms with van der Waals surface area (Å²) in [5.74, 6) is -0.311. The number of aromatic nitrogens is 1. The lowest BCUT2D eigenvalue weighted by molar-refractivity contribution is -0.384. The fourth-order valence-electron chi connectivity index (χ4n) is 1.13. The summed E-state index contributed by atoms with van der Waals surface area (Å²) in [6.45, 7) is 1.95. The summed E-state index contributed by atoms with van der Waals surface area (Å²) in [6, 6.07) is 2.92. The molecule has 16 heavy (non-hydrogen) atoms. The van der Waals surface area contributed by atoms with Crippen molar-refractivity contribution in [1.29, 1.82) is 0 Å². The average Bonchev–Trinajstić information content (AvgIpc) is 2.16. The molecule has 1 aromatic heterocycles. The molecule has 0 aliphatic carbocycles. The van der Waals surface area contributed by atoms with Crippen LogP contribution < -0.4 is 11.1 Å². The van der Waals surface area contributed by atoms with Crippen molar-refractivity contribution in [2.24, 2.45) is 5.73 Å². The second kappa shape index (κ2) is 5.06. The van der Waals surface area contributed by atoms with Crippen molar-refractivity contribution < 1.29 is 9.72 Å². The first-order valence-corrected chi connectivity index (χ1v) is 4.65. The molecule has 0 saturated heterocycles. The van der Waals surface area contributed by atoms with Crippen LogP contribution in [-0.4, -0.2) is 22.4 Å². The maximum atomic E-state index is 10.7. The lowest BCUT2D eigenvalue weighted by Gasteiger charge is -2.05. The number of rotatable bonds is 5. The average molecular weight is 224 g/mol. The SMILES string of the molecule is Cc1ccc([N+](=O)[O-])c(NCCC(N)=O)n1. The Bertz CT molecular complexity index is 419. The van der Waals surface area contributed by atoms with Gasteiger partial charge in [-0.2, -0.15) is 0 Å². The molecule has 0 unspecified atom stereocenters. The third-order valence-electron chi connectivity index (χ3n) is 1.87. The summed E-state index contributed by atoms with van der Waals surface area (Å²) in [6.07, 6.45) is 0.104. The number of amides is 1. The second-order valence-electron chi connectivity index (χ2n) is 3.22. The first kappa shape index (κ1) is 11.9. The van der Waals surface area contributed by atoms with E-state index in [1.54, 1.807) is 13.0 Å². The van der Waals surface area contributed by atoms with Crippen molar-refractivity contribution in [2.45, 2.75) is 13.3 Å². The molecular formula is C9H12N4O3. The quantitative estimate of drug-likeness (QED) is 0.561. The molecule has 3 N–H and O–H groups in total. The molecule has 1 aromatic rings. The van der Waals surface area contributed by atoms with E-state index < -0.39 is 10.8 Å². The summed E-state index contributed by atoms with van der Waals surface area (Å²) >= 11 is 0. The van der Waals surface area contributed by atoms with Gasteiger partial charge in [0, 0.05) is 24.7 Å². The minimum atomic E-state index is -0.529. The van der Waals surface area contributed by atoms with E-state index in [0.29, 0.717) is 5.69 Å². The summed E-state index contributed by atoms with van der Waals surface area (Å²) in [5.41, 5.74) is 5.49. The first-order valence-electron chi connectivity index (χ1n) is 4.65. The number of anilines is 1. The van der Waals surface area contributed by atoms with Gasteiger partial charge in [0.15, 0.2) is 0 Å². The van der Waals surface area contributed by atoms with Crippen LogP contribution in [0.1, 0.15) is 12.1 Å². The van der Waals surface area contributed by atoms with E-state index in [9.17, 15) is 14.9 Å². The maximum Gasteiger partial charge on any atom is 0.311 e. The molecule has 0 fully saturated rings. The van der Waals surface area contributed by atoms with E-state index in [1.165, 1.54) is 6.07 Å². The molecule has 1 heterocycles. The smallest absolute Gasteiger partial charge is 0.311 e. The van der Waals surface area contributed by atoms with Crippen LogP contribution in [0.25, 0.3) is 0 Å². The van der Waals surface area contributed by atoms with Gasteiger partial charge in [-0.1, -0.05) is 0 Å². The van der Waals surface area contributed by atoms with E-state index in [-0.39, 0.29) is 24.5 Å². The summed E-state index contributed by atoms with van der Waals surface area (Å²) in [5, 5.41) is 13.4. The zero-order valence-corrected chi connectivity index (χ0v) is 8.77. The van der Waals surface area contributed by atoms with Gasteiger partial charge in [0.1, 0.15) is 0 Å². The number of carbonyl (C=O) groups is 1. The van der Waals surface area contributed by atoms with Gasteiger partial charge in [0.05, 0.1) is 4.92 Å². The fourth-order valence-corrected chi connectivity index (χ4v) is 1.13. The highest BCUT2D eigenvalue weighted by molar-refractivity contribution is 5.74. The highest BCUT2D eigenvalue weighted by atomic mass is 16.6. The number of nitrogens with one attached hydrogen (secondary N) is 1. The number of hydrogen-bond acceptors (Lipinski definition) is 5. The van der Waals surface area contributed by atoms with Crippen LogP contribution in [0.2, 0.25) is 0 Å². The summed E-state index contributed by atoms with van der Waals surface area (Å²) in [4.78, 5) is 24.6. The third-order valence-corrected chi connectivity index (χ3v) is 1.87. The number of nitrogens with zero attached hydrogens (tertiary/aromatic N) is 2. The number of pyridine rings is 1. The third kappa shape index (κ3) is 3.19. The van der Waals surface area contributed by atoms with Gasteiger partial charge in [-0.15, -0.1) is 0 Å². The van der Waals surface area contributed by atoms with Crippen LogP contribution in [0.3, 0.4) is 0 Å². The molecule has 0 aliphatic heterocycles. The lowest BCUT2D eigenvalue weighted by Crippen LogP contribution is -2.16. The number of hydrogen-bond donors (Lipinski definition) is 2. The number of aryl methyl sites for hydroxylation is 1. The van der Waals surface area contributed by atoms with Crippen molar-refractivity contribution in [3.8, 4) is 0 Å². The van der Waals surface area contributed by atoms with E-state index >= 15 is 0 Å². The van der Waals surface area contributed by atoms with Crippen LogP contribution in [0.15, 0.2) is 12.1 Å². The van der Waals surface area contributed by atoms with Gasteiger partial charge >= 0.3 is 5.69 Å². The summed E-state index contributed by atoms with van der Waals surface area (Å²) in [7, 11) is 0. The zero-order valence-electron chi connectivity index (χ0n) is 8.77. The van der Waals surface area contributed by atoms with Crippen LogP contribution in [0, 0.1) is 17.0 Å². The zero-order chi connectivity index (χ0) is 12.1. The molecule has 86 valence electrons. The van der Waals surface area contributed by atoms with Crippen LogP contribution in [0.4, 0.5) is 11.5 Å². The number of carbonyl (C=O) groups excluding carboxylic acids is 1. The molecule has 1 rings (SSSR count). The minimum absolute atomic E-state index is 0.104. The molecule has 0 atom stereocenters. The topological polar surface area (TPSA) is 111 Å². The normalized spacial score (nSPS) is 9.81. The monoisotopic (exact) mass is 224 g/mol. The van der Waals surface area contributed by atoms with Gasteiger partial charge < -0.3 is 11.1 Å². The minimum Gasteiger partial charge on any atom is -0.370 e. The van der Waals surface area contributed by atoms with Gasteiger partial charge in [-0.3, -0.25) is 14.9 Å². The Hall–Kier alpha value is -2.18. The standard InChI is InChI=1S/C9H12N4O3/c1-6-2-3-7(13(15)16)9(12-6)11-5-4-8(10)14/h2-3H,4-5H2,1H3,(H2,10,14)(H,11,12). The molecule has 0 spiro atoms. The summed E-state index contributed by atoms with van der Waals surface area (Å²) < 4.78 is 0. The Balaban J connectivity index is 2.80. The predicted molar refractivity (Wildman–Crippen MR) is 57.9 cm³/mol. The van der Waals surface area contributed by atoms with Crippen LogP contribution in [0.5, 0.6) is 0 Å². The highest BCUT2D eigenvalue weighted by Crippen LogP contribution is 2.21. The number of nitro groups is 1. The maximum absolute atomic E-state index is 10.7. The Morgan fingerprint density at radius 2 is 2.31 bits per heavy atom. The molecule has 1 amide bonds. The van der Waals surface area contributed by atoms with Crippen molar-refractivity contribution >= 4 is 17.4 Å². The number of nitrogens with two attached hydrogens (primary N) is 1. The Kier molecular flexibility index (Phi) is 3.76. The fraction of sp³-hybridized carbons (Fsp3) is 0.333. The molecule has 0 aromatic carbocycles. The van der Waals surface area contributed by atoms with Gasteiger partial charge in [-0.25, -0.2) is 4.98 Å². The largest absolute Gasteiger partial charge is 0.370 e. The molecule has 0 bridgehead atoms. The molecule has 0 radical (unpaired) electrons. The Labute approximate surface area is 91.8 Å². The van der Waals surface area contributed by atoms with E-state index in [1.807, 2.05) is 0 Å². The number of primary amides is 1. The molecular weight excluding hydrogens is 212 g/mol.